The first kappa shape index (κ1) is 20.9. The highest BCUT2D eigenvalue weighted by Gasteiger charge is 2.06. The van der Waals surface area contributed by atoms with Crippen molar-refractivity contribution in [3.63, 3.8) is 0 Å². The summed E-state index contributed by atoms with van der Waals surface area (Å²) < 4.78 is 5.18. The topological polar surface area (TPSA) is 52.1 Å². The fourth-order valence-corrected chi connectivity index (χ4v) is 2.47. The van der Waals surface area contributed by atoms with E-state index in [0.717, 1.165) is 34.2 Å². The molecule has 0 unspecified atom stereocenters. The molecule has 2 N–H and O–H groups in total. The summed E-state index contributed by atoms with van der Waals surface area (Å²) in [5.41, 5.74) is 4.66. The SMILES string of the molecule is C=C(/C(C)=N/N(C)c1ccc(Nc2ccc(OC)cc2)cc1)N(C)/C=C\NC. The first-order valence-corrected chi connectivity index (χ1v) is 9.00. The molecule has 0 heterocycles. The number of hydrogen-bond donors (Lipinski definition) is 2. The first-order chi connectivity index (χ1) is 13.4. The molecule has 0 aliphatic rings. The molecule has 0 radical (unpaired) electrons. The molecule has 2 aromatic carbocycles. The summed E-state index contributed by atoms with van der Waals surface area (Å²) >= 11 is 0. The van der Waals surface area contributed by atoms with Crippen LogP contribution in [0.1, 0.15) is 6.92 Å². The normalized spacial score (nSPS) is 11.2. The van der Waals surface area contributed by atoms with Crippen LogP contribution in [0.15, 0.2) is 78.3 Å². The molecule has 148 valence electrons. The number of ether oxygens (including phenoxy) is 1. The van der Waals surface area contributed by atoms with Gasteiger partial charge >= 0.3 is 0 Å². The van der Waals surface area contributed by atoms with Crippen molar-refractivity contribution < 1.29 is 4.74 Å². The summed E-state index contributed by atoms with van der Waals surface area (Å²) in [7, 11) is 7.38. The molecule has 0 spiro atoms. The molecule has 0 atom stereocenters. The molecule has 0 saturated carbocycles. The van der Waals surface area contributed by atoms with Gasteiger partial charge in [-0.25, -0.2) is 0 Å². The van der Waals surface area contributed by atoms with Gasteiger partial charge in [-0.3, -0.25) is 5.01 Å². The number of nitrogens with one attached hydrogen (secondary N) is 2. The second kappa shape index (κ2) is 10.1. The maximum absolute atomic E-state index is 5.18. The van der Waals surface area contributed by atoms with Gasteiger partial charge in [0.1, 0.15) is 5.75 Å². The van der Waals surface area contributed by atoms with E-state index < -0.39 is 0 Å². The predicted octanol–water partition coefficient (Wildman–Crippen LogP) is 4.39. The van der Waals surface area contributed by atoms with E-state index in [1.807, 2.05) is 98.9 Å². The van der Waals surface area contributed by atoms with Gasteiger partial charge in [-0.1, -0.05) is 6.58 Å². The summed E-state index contributed by atoms with van der Waals surface area (Å²) in [6.45, 7) is 6.04. The van der Waals surface area contributed by atoms with E-state index in [1.165, 1.54) is 0 Å². The quantitative estimate of drug-likeness (QED) is 0.500. The lowest BCUT2D eigenvalue weighted by Crippen LogP contribution is -2.20. The van der Waals surface area contributed by atoms with Gasteiger partial charge < -0.3 is 20.3 Å². The molecule has 0 saturated heterocycles. The molecule has 2 rings (SSSR count). The lowest BCUT2D eigenvalue weighted by molar-refractivity contribution is 0.415. The van der Waals surface area contributed by atoms with Crippen molar-refractivity contribution in [1.82, 2.24) is 10.2 Å². The number of hydrazone groups is 1. The zero-order chi connectivity index (χ0) is 20.5. The van der Waals surface area contributed by atoms with Crippen LogP contribution < -0.4 is 20.4 Å². The summed E-state index contributed by atoms with van der Waals surface area (Å²) in [6, 6.07) is 15.9. The van der Waals surface area contributed by atoms with E-state index in [2.05, 4.69) is 22.3 Å². The molecular weight excluding hydrogens is 350 g/mol. The van der Waals surface area contributed by atoms with Crippen molar-refractivity contribution in [2.24, 2.45) is 5.10 Å². The van der Waals surface area contributed by atoms with Crippen molar-refractivity contribution >= 4 is 22.8 Å². The van der Waals surface area contributed by atoms with E-state index >= 15 is 0 Å². The third kappa shape index (κ3) is 5.81. The monoisotopic (exact) mass is 379 g/mol. The molecule has 6 heteroatoms. The number of nitrogens with zero attached hydrogens (tertiary/aromatic N) is 3. The van der Waals surface area contributed by atoms with Gasteiger partial charge in [0, 0.05) is 44.9 Å². The van der Waals surface area contributed by atoms with E-state index in [-0.39, 0.29) is 0 Å². The van der Waals surface area contributed by atoms with Gasteiger partial charge in [0.15, 0.2) is 0 Å². The van der Waals surface area contributed by atoms with E-state index in [4.69, 9.17) is 4.74 Å². The molecule has 6 nitrogen and oxygen atoms in total. The highest BCUT2D eigenvalue weighted by molar-refractivity contribution is 5.97. The summed E-state index contributed by atoms with van der Waals surface area (Å²) in [5, 5.41) is 12.8. The highest BCUT2D eigenvalue weighted by atomic mass is 16.5. The van der Waals surface area contributed by atoms with Crippen LogP contribution in [0.2, 0.25) is 0 Å². The smallest absolute Gasteiger partial charge is 0.119 e. The van der Waals surface area contributed by atoms with Crippen molar-refractivity contribution in [1.29, 1.82) is 0 Å². The fourth-order valence-electron chi connectivity index (χ4n) is 2.47. The van der Waals surface area contributed by atoms with Gasteiger partial charge in [-0.05, 0) is 55.5 Å². The van der Waals surface area contributed by atoms with Gasteiger partial charge in [-0.15, -0.1) is 0 Å². The third-order valence-electron chi connectivity index (χ3n) is 4.23. The fraction of sp³-hybridized carbons (Fsp3) is 0.227. The molecule has 2 aromatic rings. The van der Waals surface area contributed by atoms with Crippen LogP contribution in [0.5, 0.6) is 5.75 Å². The second-order valence-corrected chi connectivity index (χ2v) is 6.27. The van der Waals surface area contributed by atoms with E-state index in [1.54, 1.807) is 7.11 Å². The largest absolute Gasteiger partial charge is 0.497 e. The van der Waals surface area contributed by atoms with Crippen LogP contribution in [-0.4, -0.2) is 38.9 Å². The van der Waals surface area contributed by atoms with E-state index in [9.17, 15) is 0 Å². The maximum Gasteiger partial charge on any atom is 0.119 e. The molecule has 0 aliphatic heterocycles. The van der Waals surface area contributed by atoms with Crippen molar-refractivity contribution in [3.8, 4) is 5.75 Å². The minimum absolute atomic E-state index is 0.830. The Hall–Kier alpha value is -3.41. The molecule has 0 aliphatic carbocycles. The van der Waals surface area contributed by atoms with Crippen LogP contribution in [0.3, 0.4) is 0 Å². The minimum Gasteiger partial charge on any atom is -0.497 e. The maximum atomic E-state index is 5.18. The zero-order valence-electron chi connectivity index (χ0n) is 17.2. The lowest BCUT2D eigenvalue weighted by Gasteiger charge is -2.20. The molecule has 28 heavy (non-hydrogen) atoms. The van der Waals surface area contributed by atoms with Crippen molar-refractivity contribution in [3.05, 3.63) is 73.2 Å². The third-order valence-corrected chi connectivity index (χ3v) is 4.23. The number of hydrogen-bond acceptors (Lipinski definition) is 6. The lowest BCUT2D eigenvalue weighted by atomic mass is 10.2. The highest BCUT2D eigenvalue weighted by Crippen LogP contribution is 2.22. The average Bonchev–Trinajstić information content (AvgIpc) is 2.72. The molecular formula is C22H29N5O. The summed E-state index contributed by atoms with van der Waals surface area (Å²) in [6.07, 6.45) is 3.75. The standard InChI is InChI=1S/C22H29N5O/c1-17(18(2)26(4)16-15-23-3)25-27(5)21-11-7-19(8-12-21)24-20-9-13-22(28-6)14-10-20/h7-16,23-24H,2H2,1,3-6H3/b16-15-,25-17+. The molecule has 0 amide bonds. The Labute approximate surface area is 167 Å². The number of rotatable bonds is 9. The van der Waals surface area contributed by atoms with Gasteiger partial charge in [0.25, 0.3) is 0 Å². The average molecular weight is 380 g/mol. The van der Waals surface area contributed by atoms with Crippen molar-refractivity contribution in [2.75, 3.05) is 38.6 Å². The Morgan fingerprint density at radius 2 is 1.61 bits per heavy atom. The summed E-state index contributed by atoms with van der Waals surface area (Å²) in [4.78, 5) is 1.92. The Morgan fingerprint density at radius 3 is 2.14 bits per heavy atom. The minimum atomic E-state index is 0.830. The second-order valence-electron chi connectivity index (χ2n) is 6.27. The van der Waals surface area contributed by atoms with Crippen LogP contribution in [0.25, 0.3) is 0 Å². The first-order valence-electron chi connectivity index (χ1n) is 9.00. The van der Waals surface area contributed by atoms with E-state index in [0.29, 0.717) is 0 Å². The van der Waals surface area contributed by atoms with Crippen LogP contribution in [0.4, 0.5) is 17.1 Å². The van der Waals surface area contributed by atoms with Crippen LogP contribution in [0, 0.1) is 0 Å². The van der Waals surface area contributed by atoms with Gasteiger partial charge in [0.2, 0.25) is 0 Å². The van der Waals surface area contributed by atoms with Gasteiger partial charge in [-0.2, -0.15) is 5.10 Å². The van der Waals surface area contributed by atoms with Crippen LogP contribution >= 0.6 is 0 Å². The number of anilines is 3. The van der Waals surface area contributed by atoms with Crippen molar-refractivity contribution in [2.45, 2.75) is 6.92 Å². The Kier molecular flexibility index (Phi) is 7.51. The Bertz CT molecular complexity index is 825. The number of allylic oxidation sites excluding steroid dienone is 1. The summed E-state index contributed by atoms with van der Waals surface area (Å²) in [5.74, 6) is 0.837. The molecule has 0 aromatic heterocycles. The predicted molar refractivity (Wildman–Crippen MR) is 119 cm³/mol. The number of methoxy groups -OCH3 is 1. The molecule has 0 fully saturated rings. The van der Waals surface area contributed by atoms with Gasteiger partial charge in [0.05, 0.1) is 24.2 Å². The number of benzene rings is 2. The molecule has 0 bridgehead atoms. The Morgan fingerprint density at radius 1 is 1.04 bits per heavy atom. The Balaban J connectivity index is 2.02. The zero-order valence-corrected chi connectivity index (χ0v) is 17.2. The van der Waals surface area contributed by atoms with Crippen LogP contribution in [-0.2, 0) is 0 Å².